The fourth-order valence-corrected chi connectivity index (χ4v) is 2.42. The van der Waals surface area contributed by atoms with Crippen molar-refractivity contribution >= 4 is 23.3 Å². The standard InChI is InChI=1S/C17H16ClNO5/c1-11-7-12(2)9-14(8-11)23-5-6-24-17(20)15-4-3-13(19(21)22)10-16(15)18/h3-4,7-10H,5-6H2,1-2H3. The minimum absolute atomic E-state index is 0.0237. The monoisotopic (exact) mass is 349 g/mol. The van der Waals surface area contributed by atoms with Crippen molar-refractivity contribution < 1.29 is 19.2 Å². The predicted octanol–water partition coefficient (Wildman–Crippen LogP) is 4.10. The van der Waals surface area contributed by atoms with Crippen LogP contribution in [0, 0.1) is 24.0 Å². The van der Waals surface area contributed by atoms with Crippen LogP contribution in [0.3, 0.4) is 0 Å². The summed E-state index contributed by atoms with van der Waals surface area (Å²) in [5.41, 5.74) is 2.06. The van der Waals surface area contributed by atoms with Gasteiger partial charge in [0.05, 0.1) is 15.5 Å². The molecule has 0 aliphatic carbocycles. The van der Waals surface area contributed by atoms with Crippen molar-refractivity contribution in [3.63, 3.8) is 0 Å². The molecule has 0 aromatic heterocycles. The highest BCUT2D eigenvalue weighted by Crippen LogP contribution is 2.23. The Morgan fingerprint density at radius 1 is 1.12 bits per heavy atom. The fourth-order valence-electron chi connectivity index (χ4n) is 2.17. The number of rotatable bonds is 6. The average molecular weight is 350 g/mol. The number of esters is 1. The van der Waals surface area contributed by atoms with E-state index < -0.39 is 10.9 Å². The van der Waals surface area contributed by atoms with Gasteiger partial charge in [-0.25, -0.2) is 4.79 Å². The highest BCUT2D eigenvalue weighted by atomic mass is 35.5. The van der Waals surface area contributed by atoms with Crippen LogP contribution in [0.1, 0.15) is 21.5 Å². The van der Waals surface area contributed by atoms with Crippen molar-refractivity contribution in [3.8, 4) is 5.75 Å². The Bertz CT molecular complexity index is 755. The number of nitro groups is 1. The highest BCUT2D eigenvalue weighted by Gasteiger charge is 2.16. The summed E-state index contributed by atoms with van der Waals surface area (Å²) in [5.74, 6) is 0.0517. The van der Waals surface area contributed by atoms with Crippen LogP contribution in [-0.2, 0) is 4.74 Å². The van der Waals surface area contributed by atoms with E-state index in [4.69, 9.17) is 21.1 Å². The van der Waals surface area contributed by atoms with Crippen molar-refractivity contribution in [3.05, 3.63) is 68.2 Å². The number of halogens is 1. The van der Waals surface area contributed by atoms with E-state index in [1.165, 1.54) is 12.1 Å². The Morgan fingerprint density at radius 3 is 2.38 bits per heavy atom. The van der Waals surface area contributed by atoms with E-state index in [9.17, 15) is 14.9 Å². The van der Waals surface area contributed by atoms with Crippen LogP contribution in [0.5, 0.6) is 5.75 Å². The molecule has 0 spiro atoms. The molecule has 0 saturated carbocycles. The summed E-state index contributed by atoms with van der Waals surface area (Å²) in [7, 11) is 0. The van der Waals surface area contributed by atoms with Crippen LogP contribution in [0.2, 0.25) is 5.02 Å². The first kappa shape index (κ1) is 17.7. The summed E-state index contributed by atoms with van der Waals surface area (Å²) in [5, 5.41) is 10.6. The molecule has 126 valence electrons. The number of carbonyl (C=O) groups is 1. The van der Waals surface area contributed by atoms with Gasteiger partial charge in [0, 0.05) is 12.1 Å². The van der Waals surface area contributed by atoms with Gasteiger partial charge in [-0.15, -0.1) is 0 Å². The molecule has 0 aliphatic rings. The third-order valence-electron chi connectivity index (χ3n) is 3.16. The molecule has 0 aliphatic heterocycles. The SMILES string of the molecule is Cc1cc(C)cc(OCCOC(=O)c2ccc([N+](=O)[O-])cc2Cl)c1. The molecule has 0 bridgehead atoms. The van der Waals surface area contributed by atoms with E-state index in [1.54, 1.807) is 0 Å². The predicted molar refractivity (Wildman–Crippen MR) is 89.8 cm³/mol. The Balaban J connectivity index is 1.88. The minimum atomic E-state index is -0.654. The zero-order valence-corrected chi connectivity index (χ0v) is 14.0. The van der Waals surface area contributed by atoms with Crippen LogP contribution >= 0.6 is 11.6 Å². The number of benzene rings is 2. The highest BCUT2D eigenvalue weighted by molar-refractivity contribution is 6.33. The molecule has 0 heterocycles. The summed E-state index contributed by atoms with van der Waals surface area (Å²) in [6, 6.07) is 9.40. The van der Waals surface area contributed by atoms with Crippen molar-refractivity contribution in [1.29, 1.82) is 0 Å². The van der Waals surface area contributed by atoms with E-state index in [-0.39, 0.29) is 29.5 Å². The van der Waals surface area contributed by atoms with E-state index >= 15 is 0 Å². The third kappa shape index (κ3) is 4.70. The molecule has 0 N–H and O–H groups in total. The lowest BCUT2D eigenvalue weighted by Crippen LogP contribution is -2.13. The molecule has 2 aromatic carbocycles. The third-order valence-corrected chi connectivity index (χ3v) is 3.48. The quantitative estimate of drug-likeness (QED) is 0.339. The lowest BCUT2D eigenvalue weighted by molar-refractivity contribution is -0.384. The number of nitro benzene ring substituents is 1. The first-order chi connectivity index (χ1) is 11.4. The number of hydrogen-bond acceptors (Lipinski definition) is 5. The maximum Gasteiger partial charge on any atom is 0.339 e. The van der Waals surface area contributed by atoms with E-state index in [2.05, 4.69) is 0 Å². The Morgan fingerprint density at radius 2 is 1.79 bits per heavy atom. The number of ether oxygens (including phenoxy) is 2. The topological polar surface area (TPSA) is 78.7 Å². The molecule has 0 atom stereocenters. The second-order valence-electron chi connectivity index (χ2n) is 5.23. The second kappa shape index (κ2) is 7.79. The molecule has 0 fully saturated rings. The maximum absolute atomic E-state index is 11.9. The Labute approximate surface area is 144 Å². The van der Waals surface area contributed by atoms with Gasteiger partial charge in [-0.05, 0) is 43.2 Å². The summed E-state index contributed by atoms with van der Waals surface area (Å²) in [6.45, 7) is 4.17. The first-order valence-electron chi connectivity index (χ1n) is 7.19. The van der Waals surface area contributed by atoms with Gasteiger partial charge in [0.15, 0.2) is 0 Å². The molecule has 0 amide bonds. The maximum atomic E-state index is 11.9. The molecular weight excluding hydrogens is 334 g/mol. The summed E-state index contributed by atoms with van der Waals surface area (Å²) in [6.07, 6.45) is 0. The lowest BCUT2D eigenvalue weighted by atomic mass is 10.1. The van der Waals surface area contributed by atoms with Gasteiger partial charge in [0.1, 0.15) is 19.0 Å². The molecular formula is C17H16ClNO5. The zero-order valence-electron chi connectivity index (χ0n) is 13.2. The molecule has 6 nitrogen and oxygen atoms in total. The number of non-ortho nitro benzene ring substituents is 1. The number of carbonyl (C=O) groups excluding carboxylic acids is 1. The summed E-state index contributed by atoms with van der Waals surface area (Å²) >= 11 is 5.88. The summed E-state index contributed by atoms with van der Waals surface area (Å²) in [4.78, 5) is 22.0. The molecule has 7 heteroatoms. The normalized spacial score (nSPS) is 10.3. The molecule has 0 radical (unpaired) electrons. The molecule has 0 unspecified atom stereocenters. The summed E-state index contributed by atoms with van der Waals surface area (Å²) < 4.78 is 10.6. The van der Waals surface area contributed by atoms with Crippen LogP contribution in [-0.4, -0.2) is 24.1 Å². The first-order valence-corrected chi connectivity index (χ1v) is 7.57. The molecule has 24 heavy (non-hydrogen) atoms. The van der Waals surface area contributed by atoms with Crippen LogP contribution in [0.15, 0.2) is 36.4 Å². The van der Waals surface area contributed by atoms with Crippen molar-refractivity contribution in [2.45, 2.75) is 13.8 Å². The molecule has 2 aromatic rings. The Kier molecular flexibility index (Phi) is 5.76. The smallest absolute Gasteiger partial charge is 0.339 e. The van der Waals surface area contributed by atoms with E-state index in [0.717, 1.165) is 17.2 Å². The van der Waals surface area contributed by atoms with Gasteiger partial charge in [0.25, 0.3) is 5.69 Å². The van der Waals surface area contributed by atoms with E-state index in [0.29, 0.717) is 5.75 Å². The van der Waals surface area contributed by atoms with Crippen molar-refractivity contribution in [1.82, 2.24) is 0 Å². The van der Waals surface area contributed by atoms with Crippen LogP contribution in [0.4, 0.5) is 5.69 Å². The average Bonchev–Trinajstić information content (AvgIpc) is 2.50. The van der Waals surface area contributed by atoms with Gasteiger partial charge in [-0.2, -0.15) is 0 Å². The number of aryl methyl sites for hydroxylation is 2. The Hall–Kier alpha value is -2.60. The fraction of sp³-hybridized carbons (Fsp3) is 0.235. The zero-order chi connectivity index (χ0) is 17.7. The van der Waals surface area contributed by atoms with Gasteiger partial charge < -0.3 is 9.47 Å². The van der Waals surface area contributed by atoms with Gasteiger partial charge in [-0.1, -0.05) is 17.7 Å². The lowest BCUT2D eigenvalue weighted by Gasteiger charge is -2.09. The van der Waals surface area contributed by atoms with Gasteiger partial charge in [-0.3, -0.25) is 10.1 Å². The number of hydrogen-bond donors (Lipinski definition) is 0. The van der Waals surface area contributed by atoms with Gasteiger partial charge >= 0.3 is 5.97 Å². The van der Waals surface area contributed by atoms with E-state index in [1.807, 2.05) is 32.0 Å². The number of nitrogens with zero attached hydrogens (tertiary/aromatic N) is 1. The van der Waals surface area contributed by atoms with Crippen LogP contribution < -0.4 is 4.74 Å². The van der Waals surface area contributed by atoms with Crippen LogP contribution in [0.25, 0.3) is 0 Å². The second-order valence-corrected chi connectivity index (χ2v) is 5.64. The minimum Gasteiger partial charge on any atom is -0.490 e. The van der Waals surface area contributed by atoms with Gasteiger partial charge in [0.2, 0.25) is 0 Å². The molecule has 2 rings (SSSR count). The van der Waals surface area contributed by atoms with Crippen molar-refractivity contribution in [2.24, 2.45) is 0 Å². The molecule has 0 saturated heterocycles. The van der Waals surface area contributed by atoms with Crippen molar-refractivity contribution in [2.75, 3.05) is 13.2 Å². The largest absolute Gasteiger partial charge is 0.490 e.